The highest BCUT2D eigenvalue weighted by atomic mass is 16.4. The van der Waals surface area contributed by atoms with E-state index in [-0.39, 0.29) is 25.0 Å². The summed E-state index contributed by atoms with van der Waals surface area (Å²) in [5.41, 5.74) is 0. The van der Waals surface area contributed by atoms with E-state index < -0.39 is 5.97 Å². The largest absolute Gasteiger partial charge is 0.480 e. The molecule has 1 rings (SSSR count). The summed E-state index contributed by atoms with van der Waals surface area (Å²) in [6, 6.07) is 0.508. The van der Waals surface area contributed by atoms with Crippen LogP contribution in [0.15, 0.2) is 0 Å². The third-order valence-corrected chi connectivity index (χ3v) is 3.62. The van der Waals surface area contributed by atoms with Crippen LogP contribution in [0.2, 0.25) is 0 Å². The first-order valence-electron chi connectivity index (χ1n) is 7.13. The molecule has 1 saturated carbocycles. The maximum atomic E-state index is 12.4. The van der Waals surface area contributed by atoms with Gasteiger partial charge in [-0.15, -0.1) is 0 Å². The van der Waals surface area contributed by atoms with Gasteiger partial charge in [-0.2, -0.15) is 0 Å². The smallest absolute Gasteiger partial charge is 0.317 e. The van der Waals surface area contributed by atoms with Gasteiger partial charge in [0.05, 0.1) is 13.1 Å². The number of rotatable bonds is 6. The quantitative estimate of drug-likeness (QED) is 0.796. The SMILES string of the molecule is CC(C)N(C(=O)CN(C)CC(=O)O)C1CCCCC1. The zero-order valence-electron chi connectivity index (χ0n) is 12.3. The molecule has 1 aliphatic carbocycles. The number of hydrogen-bond acceptors (Lipinski definition) is 3. The summed E-state index contributed by atoms with van der Waals surface area (Å²) in [6.07, 6.45) is 5.78. The van der Waals surface area contributed by atoms with Crippen molar-refractivity contribution < 1.29 is 14.7 Å². The number of nitrogens with zero attached hydrogens (tertiary/aromatic N) is 2. The van der Waals surface area contributed by atoms with Crippen LogP contribution >= 0.6 is 0 Å². The van der Waals surface area contributed by atoms with E-state index in [4.69, 9.17) is 5.11 Å². The summed E-state index contributed by atoms with van der Waals surface area (Å²) in [6.45, 7) is 4.15. The molecule has 1 aliphatic rings. The molecule has 0 aromatic heterocycles. The lowest BCUT2D eigenvalue weighted by Crippen LogP contribution is -2.49. The number of carboxylic acid groups (broad SMARTS) is 1. The summed E-state index contributed by atoms with van der Waals surface area (Å²) < 4.78 is 0. The van der Waals surface area contributed by atoms with Gasteiger partial charge in [0.15, 0.2) is 0 Å². The van der Waals surface area contributed by atoms with Gasteiger partial charge in [0.1, 0.15) is 0 Å². The van der Waals surface area contributed by atoms with Crippen LogP contribution in [0.3, 0.4) is 0 Å². The van der Waals surface area contributed by atoms with E-state index in [1.807, 2.05) is 18.7 Å². The summed E-state index contributed by atoms with van der Waals surface area (Å²) in [5.74, 6) is -0.852. The fraction of sp³-hybridized carbons (Fsp3) is 0.857. The zero-order chi connectivity index (χ0) is 14.4. The fourth-order valence-electron chi connectivity index (χ4n) is 2.87. The summed E-state index contributed by atoms with van der Waals surface area (Å²) in [7, 11) is 1.67. The minimum atomic E-state index is -0.899. The lowest BCUT2D eigenvalue weighted by molar-refractivity contribution is -0.140. The molecule has 0 spiro atoms. The van der Waals surface area contributed by atoms with Crippen LogP contribution in [0.4, 0.5) is 0 Å². The summed E-state index contributed by atoms with van der Waals surface area (Å²) >= 11 is 0. The first-order chi connectivity index (χ1) is 8.91. The Bertz CT molecular complexity index is 312. The average Bonchev–Trinajstić information content (AvgIpc) is 2.28. The van der Waals surface area contributed by atoms with Crippen molar-refractivity contribution in [3.63, 3.8) is 0 Å². The number of carboxylic acids is 1. The second-order valence-corrected chi connectivity index (χ2v) is 5.75. The van der Waals surface area contributed by atoms with Crippen LogP contribution in [-0.2, 0) is 9.59 Å². The molecule has 0 aromatic carbocycles. The van der Waals surface area contributed by atoms with Gasteiger partial charge < -0.3 is 10.0 Å². The van der Waals surface area contributed by atoms with Crippen molar-refractivity contribution in [1.29, 1.82) is 0 Å². The average molecular weight is 270 g/mol. The minimum absolute atomic E-state index is 0.0469. The molecule has 1 amide bonds. The topological polar surface area (TPSA) is 60.9 Å². The Kier molecular flexibility index (Phi) is 6.28. The molecule has 0 bridgehead atoms. The van der Waals surface area contributed by atoms with E-state index in [9.17, 15) is 9.59 Å². The Labute approximate surface area is 115 Å². The standard InChI is InChI=1S/C14H26N2O3/c1-11(2)16(12-7-5-4-6-8-12)13(17)9-15(3)10-14(18)19/h11-12H,4-10H2,1-3H3,(H,18,19). The van der Waals surface area contributed by atoms with Crippen molar-refractivity contribution in [3.05, 3.63) is 0 Å². The first kappa shape index (κ1) is 16.0. The number of likely N-dealkylation sites (N-methyl/N-ethyl adjacent to an activating group) is 1. The molecule has 1 fully saturated rings. The lowest BCUT2D eigenvalue weighted by atomic mass is 9.93. The van der Waals surface area contributed by atoms with E-state index in [0.717, 1.165) is 12.8 Å². The predicted octanol–water partition coefficient (Wildman–Crippen LogP) is 1.57. The van der Waals surface area contributed by atoms with Crippen molar-refractivity contribution in [2.24, 2.45) is 0 Å². The van der Waals surface area contributed by atoms with Gasteiger partial charge in [0.25, 0.3) is 0 Å². The van der Waals surface area contributed by atoms with Crippen molar-refractivity contribution in [2.45, 2.75) is 58.0 Å². The number of carbonyl (C=O) groups excluding carboxylic acids is 1. The minimum Gasteiger partial charge on any atom is -0.480 e. The Morgan fingerprint density at radius 2 is 1.74 bits per heavy atom. The molecule has 0 radical (unpaired) electrons. The zero-order valence-corrected chi connectivity index (χ0v) is 12.3. The van der Waals surface area contributed by atoms with E-state index in [2.05, 4.69) is 0 Å². The highest BCUT2D eigenvalue weighted by molar-refractivity contribution is 5.79. The maximum absolute atomic E-state index is 12.4. The molecular weight excluding hydrogens is 244 g/mol. The van der Waals surface area contributed by atoms with E-state index >= 15 is 0 Å². The third kappa shape index (κ3) is 5.19. The highest BCUT2D eigenvalue weighted by Crippen LogP contribution is 2.24. The predicted molar refractivity (Wildman–Crippen MR) is 74.0 cm³/mol. The van der Waals surface area contributed by atoms with Crippen molar-refractivity contribution in [2.75, 3.05) is 20.1 Å². The Balaban J connectivity index is 2.59. The van der Waals surface area contributed by atoms with Gasteiger partial charge in [-0.3, -0.25) is 14.5 Å². The molecule has 0 aliphatic heterocycles. The summed E-state index contributed by atoms with van der Waals surface area (Å²) in [5, 5.41) is 8.73. The van der Waals surface area contributed by atoms with Crippen molar-refractivity contribution >= 4 is 11.9 Å². The molecule has 0 heterocycles. The molecule has 5 heteroatoms. The first-order valence-corrected chi connectivity index (χ1v) is 7.13. The molecule has 0 atom stereocenters. The second-order valence-electron chi connectivity index (χ2n) is 5.75. The Hall–Kier alpha value is -1.10. The monoisotopic (exact) mass is 270 g/mol. The van der Waals surface area contributed by atoms with E-state index in [1.165, 1.54) is 19.3 Å². The van der Waals surface area contributed by atoms with Crippen LogP contribution < -0.4 is 0 Å². The van der Waals surface area contributed by atoms with Crippen LogP contribution in [0.25, 0.3) is 0 Å². The number of hydrogen-bond donors (Lipinski definition) is 1. The second kappa shape index (κ2) is 7.48. The lowest BCUT2D eigenvalue weighted by Gasteiger charge is -2.38. The molecule has 5 nitrogen and oxygen atoms in total. The summed E-state index contributed by atoms with van der Waals surface area (Å²) in [4.78, 5) is 26.5. The maximum Gasteiger partial charge on any atom is 0.317 e. The third-order valence-electron chi connectivity index (χ3n) is 3.62. The molecule has 110 valence electrons. The highest BCUT2D eigenvalue weighted by Gasteiger charge is 2.28. The van der Waals surface area contributed by atoms with Gasteiger partial charge >= 0.3 is 5.97 Å². The molecule has 0 unspecified atom stereocenters. The van der Waals surface area contributed by atoms with Crippen molar-refractivity contribution in [3.8, 4) is 0 Å². The Morgan fingerprint density at radius 1 is 1.16 bits per heavy atom. The molecule has 0 aromatic rings. The fourth-order valence-corrected chi connectivity index (χ4v) is 2.87. The van der Waals surface area contributed by atoms with Crippen LogP contribution in [0, 0.1) is 0 Å². The Morgan fingerprint density at radius 3 is 2.21 bits per heavy atom. The molecule has 0 saturated heterocycles. The van der Waals surface area contributed by atoms with Crippen LogP contribution in [0.1, 0.15) is 46.0 Å². The van der Waals surface area contributed by atoms with Gasteiger partial charge in [-0.1, -0.05) is 19.3 Å². The van der Waals surface area contributed by atoms with Crippen LogP contribution in [-0.4, -0.2) is 59.0 Å². The van der Waals surface area contributed by atoms with Gasteiger partial charge in [0, 0.05) is 12.1 Å². The molecule has 1 N–H and O–H groups in total. The van der Waals surface area contributed by atoms with Gasteiger partial charge in [-0.05, 0) is 33.7 Å². The van der Waals surface area contributed by atoms with E-state index in [0.29, 0.717) is 6.04 Å². The van der Waals surface area contributed by atoms with Gasteiger partial charge in [-0.25, -0.2) is 0 Å². The van der Waals surface area contributed by atoms with Gasteiger partial charge in [0.2, 0.25) is 5.91 Å². The normalized spacial score (nSPS) is 16.9. The number of amides is 1. The molecular formula is C14H26N2O3. The van der Waals surface area contributed by atoms with Crippen LogP contribution in [0.5, 0.6) is 0 Å². The number of aliphatic carboxylic acids is 1. The molecule has 19 heavy (non-hydrogen) atoms. The number of carbonyl (C=O) groups is 2. The van der Waals surface area contributed by atoms with Crippen molar-refractivity contribution in [1.82, 2.24) is 9.80 Å². The van der Waals surface area contributed by atoms with E-state index in [1.54, 1.807) is 11.9 Å².